The van der Waals surface area contributed by atoms with Crippen molar-refractivity contribution < 1.29 is 13.2 Å². The minimum atomic E-state index is -4.26. The summed E-state index contributed by atoms with van der Waals surface area (Å²) < 4.78 is 39.8. The van der Waals surface area contributed by atoms with E-state index in [4.69, 9.17) is 0 Å². The molecule has 1 aromatic heterocycles. The van der Waals surface area contributed by atoms with E-state index in [0.717, 1.165) is 0 Å². The van der Waals surface area contributed by atoms with Crippen molar-refractivity contribution in [1.29, 1.82) is 0 Å². The number of halogens is 4. The van der Waals surface area contributed by atoms with Crippen molar-refractivity contribution >= 4 is 15.9 Å². The lowest BCUT2D eigenvalue weighted by Crippen LogP contribution is -2.42. The van der Waals surface area contributed by atoms with E-state index in [1.807, 2.05) is 0 Å². The molecule has 0 aliphatic carbocycles. The highest BCUT2D eigenvalue weighted by molar-refractivity contribution is 9.10. The van der Waals surface area contributed by atoms with E-state index in [-0.39, 0.29) is 6.42 Å². The van der Waals surface area contributed by atoms with E-state index >= 15 is 0 Å². The van der Waals surface area contributed by atoms with Gasteiger partial charge in [-0.1, -0.05) is 0 Å². The Labute approximate surface area is 100 Å². The number of aromatic nitrogens is 2. The molecule has 1 N–H and O–H groups in total. The van der Waals surface area contributed by atoms with Gasteiger partial charge in [-0.3, -0.25) is 4.68 Å². The number of rotatable bonds is 3. The molecule has 1 atom stereocenters. The molecule has 0 fully saturated rings. The zero-order valence-corrected chi connectivity index (χ0v) is 10.8. The number of aryl methyl sites for hydroxylation is 2. The Kier molecular flexibility index (Phi) is 4.01. The molecule has 1 aromatic rings. The van der Waals surface area contributed by atoms with Gasteiger partial charge >= 0.3 is 6.18 Å². The van der Waals surface area contributed by atoms with Crippen LogP contribution >= 0.6 is 15.9 Å². The molecular weight excluding hydrogens is 287 g/mol. The first-order valence-corrected chi connectivity index (χ1v) is 5.48. The van der Waals surface area contributed by atoms with Crippen molar-refractivity contribution in [2.45, 2.75) is 25.6 Å². The summed E-state index contributed by atoms with van der Waals surface area (Å²) >= 11 is 3.25. The lowest BCUT2D eigenvalue weighted by atomic mass is 10.1. The van der Waals surface area contributed by atoms with Gasteiger partial charge < -0.3 is 5.32 Å². The quantitative estimate of drug-likeness (QED) is 0.927. The third-order valence-corrected chi connectivity index (χ3v) is 3.43. The molecule has 0 aliphatic heterocycles. The molecule has 0 spiro atoms. The molecule has 3 nitrogen and oxygen atoms in total. The Morgan fingerprint density at radius 1 is 1.50 bits per heavy atom. The number of hydrogen-bond acceptors (Lipinski definition) is 2. The van der Waals surface area contributed by atoms with Crippen LogP contribution in [0.5, 0.6) is 0 Å². The second kappa shape index (κ2) is 4.75. The van der Waals surface area contributed by atoms with Gasteiger partial charge in [0, 0.05) is 13.5 Å². The maximum atomic E-state index is 12.6. The van der Waals surface area contributed by atoms with E-state index in [0.29, 0.717) is 15.9 Å². The number of nitrogens with one attached hydrogen (secondary N) is 1. The van der Waals surface area contributed by atoms with Crippen molar-refractivity contribution in [1.82, 2.24) is 15.1 Å². The number of alkyl halides is 3. The SMILES string of the molecule is CNC(Cc1c(Br)c(C)nn1C)C(F)(F)F. The average Bonchev–Trinajstić information content (AvgIpc) is 2.37. The molecule has 7 heteroatoms. The zero-order valence-electron chi connectivity index (χ0n) is 9.19. The summed E-state index contributed by atoms with van der Waals surface area (Å²) in [5, 5.41) is 6.32. The van der Waals surface area contributed by atoms with Gasteiger partial charge in [-0.05, 0) is 29.9 Å². The molecule has 0 aromatic carbocycles. The van der Waals surface area contributed by atoms with Gasteiger partial charge in [0.15, 0.2) is 0 Å². The van der Waals surface area contributed by atoms with Gasteiger partial charge in [0.2, 0.25) is 0 Å². The number of likely N-dealkylation sites (N-methyl/N-ethyl adjacent to an activating group) is 1. The summed E-state index contributed by atoms with van der Waals surface area (Å²) in [6.45, 7) is 1.75. The molecule has 1 rings (SSSR count). The maximum Gasteiger partial charge on any atom is 0.404 e. The first-order valence-electron chi connectivity index (χ1n) is 4.69. The second-order valence-corrected chi connectivity index (χ2v) is 4.35. The molecule has 16 heavy (non-hydrogen) atoms. The van der Waals surface area contributed by atoms with Crippen molar-refractivity contribution in [2.24, 2.45) is 7.05 Å². The van der Waals surface area contributed by atoms with Gasteiger partial charge in [0.25, 0.3) is 0 Å². The minimum absolute atomic E-state index is 0.141. The van der Waals surface area contributed by atoms with Crippen LogP contribution in [0.4, 0.5) is 13.2 Å². The standard InChI is InChI=1S/C9H13BrF3N3/c1-5-8(10)6(16(3)15-5)4-7(14-2)9(11,12)13/h7,14H,4H2,1-3H3. The molecule has 0 saturated heterocycles. The predicted octanol–water partition coefficient (Wildman–Crippen LogP) is 2.18. The molecular formula is C9H13BrF3N3. The highest BCUT2D eigenvalue weighted by Gasteiger charge is 2.39. The molecule has 0 radical (unpaired) electrons. The van der Waals surface area contributed by atoms with Crippen LogP contribution in [0.3, 0.4) is 0 Å². The monoisotopic (exact) mass is 299 g/mol. The highest BCUT2D eigenvalue weighted by Crippen LogP contribution is 2.27. The van der Waals surface area contributed by atoms with Crippen LogP contribution in [0.25, 0.3) is 0 Å². The molecule has 0 aliphatic rings. The van der Waals surface area contributed by atoms with E-state index < -0.39 is 12.2 Å². The highest BCUT2D eigenvalue weighted by atomic mass is 79.9. The minimum Gasteiger partial charge on any atom is -0.309 e. The predicted molar refractivity (Wildman–Crippen MR) is 58.3 cm³/mol. The summed E-state index contributed by atoms with van der Waals surface area (Å²) in [4.78, 5) is 0. The van der Waals surface area contributed by atoms with E-state index in [1.165, 1.54) is 11.7 Å². The normalized spacial score (nSPS) is 14.2. The smallest absolute Gasteiger partial charge is 0.309 e. The molecule has 1 unspecified atom stereocenters. The number of nitrogens with zero attached hydrogens (tertiary/aromatic N) is 2. The molecule has 0 amide bonds. The molecule has 0 bridgehead atoms. The Morgan fingerprint density at radius 2 is 2.06 bits per heavy atom. The summed E-state index contributed by atoms with van der Waals surface area (Å²) in [5.74, 6) is 0. The fourth-order valence-electron chi connectivity index (χ4n) is 1.48. The van der Waals surface area contributed by atoms with Gasteiger partial charge in [0.1, 0.15) is 6.04 Å². The third kappa shape index (κ3) is 2.76. The Balaban J connectivity index is 2.95. The van der Waals surface area contributed by atoms with Gasteiger partial charge in [0.05, 0.1) is 15.9 Å². The van der Waals surface area contributed by atoms with Gasteiger partial charge in [-0.25, -0.2) is 0 Å². The largest absolute Gasteiger partial charge is 0.404 e. The first-order chi connectivity index (χ1) is 7.27. The van der Waals surface area contributed by atoms with Crippen LogP contribution < -0.4 is 5.32 Å². The van der Waals surface area contributed by atoms with E-state index in [2.05, 4.69) is 26.3 Å². The summed E-state index contributed by atoms with van der Waals surface area (Å²) in [6, 6.07) is -1.56. The fraction of sp³-hybridized carbons (Fsp3) is 0.667. The van der Waals surface area contributed by atoms with E-state index in [9.17, 15) is 13.2 Å². The second-order valence-electron chi connectivity index (χ2n) is 3.56. The zero-order chi connectivity index (χ0) is 12.5. The molecule has 0 saturated carbocycles. The van der Waals surface area contributed by atoms with Crippen LogP contribution in [0.15, 0.2) is 4.47 Å². The third-order valence-electron chi connectivity index (χ3n) is 2.40. The van der Waals surface area contributed by atoms with Crippen LogP contribution in [0.2, 0.25) is 0 Å². The van der Waals surface area contributed by atoms with Crippen LogP contribution in [0.1, 0.15) is 11.4 Å². The van der Waals surface area contributed by atoms with Crippen molar-refractivity contribution in [3.05, 3.63) is 15.9 Å². The van der Waals surface area contributed by atoms with Crippen molar-refractivity contribution in [3.63, 3.8) is 0 Å². The van der Waals surface area contributed by atoms with Crippen LogP contribution in [-0.4, -0.2) is 29.0 Å². The van der Waals surface area contributed by atoms with Gasteiger partial charge in [-0.15, -0.1) is 0 Å². The lowest BCUT2D eigenvalue weighted by Gasteiger charge is -2.19. The summed E-state index contributed by atoms with van der Waals surface area (Å²) in [7, 11) is 2.94. The Bertz CT molecular complexity index is 373. The summed E-state index contributed by atoms with van der Waals surface area (Å²) in [5.41, 5.74) is 1.23. The Hall–Kier alpha value is -0.560. The molecule has 1 heterocycles. The van der Waals surface area contributed by atoms with E-state index in [1.54, 1.807) is 14.0 Å². The fourth-order valence-corrected chi connectivity index (χ4v) is 1.97. The van der Waals surface area contributed by atoms with Crippen molar-refractivity contribution in [2.75, 3.05) is 7.05 Å². The van der Waals surface area contributed by atoms with Crippen LogP contribution in [0, 0.1) is 6.92 Å². The maximum absolute atomic E-state index is 12.6. The lowest BCUT2D eigenvalue weighted by molar-refractivity contribution is -0.154. The first kappa shape index (κ1) is 13.5. The average molecular weight is 300 g/mol. The number of hydrogen-bond donors (Lipinski definition) is 1. The summed E-state index contributed by atoms with van der Waals surface area (Å²) in [6.07, 6.45) is -4.40. The van der Waals surface area contributed by atoms with Crippen molar-refractivity contribution in [3.8, 4) is 0 Å². The topological polar surface area (TPSA) is 29.9 Å². The Morgan fingerprint density at radius 3 is 2.38 bits per heavy atom. The molecule has 92 valence electrons. The van der Waals surface area contributed by atoms with Gasteiger partial charge in [-0.2, -0.15) is 18.3 Å². The van der Waals surface area contributed by atoms with Crippen LogP contribution in [-0.2, 0) is 13.5 Å².